The molecule has 3 rings (SSSR count). The van der Waals surface area contributed by atoms with Gasteiger partial charge in [-0.25, -0.2) is 13.4 Å². The Bertz CT molecular complexity index is 878. The van der Waals surface area contributed by atoms with Crippen LogP contribution in [0.3, 0.4) is 0 Å². The molecule has 0 unspecified atom stereocenters. The van der Waals surface area contributed by atoms with Crippen LogP contribution in [0.1, 0.15) is 18.9 Å². The van der Waals surface area contributed by atoms with Gasteiger partial charge in [0, 0.05) is 18.7 Å². The summed E-state index contributed by atoms with van der Waals surface area (Å²) in [7, 11) is -1.34. The Kier molecular flexibility index (Phi) is 5.67. The summed E-state index contributed by atoms with van der Waals surface area (Å²) in [5.41, 5.74) is 2.20. The number of hydrogen-bond acceptors (Lipinski definition) is 6. The number of carbonyl (C=O) groups is 1. The molecule has 2 aromatic rings. The molecule has 1 saturated heterocycles. The fourth-order valence-corrected chi connectivity index (χ4v) is 5.35. The second-order valence-corrected chi connectivity index (χ2v) is 9.54. The highest BCUT2D eigenvalue weighted by Crippen LogP contribution is 2.21. The van der Waals surface area contributed by atoms with Crippen LogP contribution < -0.4 is 0 Å². The number of amides is 1. The highest BCUT2D eigenvalue weighted by Gasteiger charge is 2.32. The molecular formula is C17H22N4O3S2. The second-order valence-electron chi connectivity index (χ2n) is 6.37. The fourth-order valence-electron chi connectivity index (χ4n) is 2.85. The standard InChI is InChI=1S/C17H22N4O3S2/c1-3-12-4-6-13(7-5-12)16-18-17(20-19-16)25-10-15(22)21(2)14-8-9-26(23,24)11-14/h4-7,14H,3,8-11H2,1-2H3,(H,18,19,20)/t14-/m1/s1. The minimum atomic E-state index is -3.00. The first-order valence-electron chi connectivity index (χ1n) is 8.48. The van der Waals surface area contributed by atoms with Crippen LogP contribution in [0.4, 0.5) is 0 Å². The van der Waals surface area contributed by atoms with Crippen LogP contribution in [0, 0.1) is 0 Å². The molecule has 1 aliphatic rings. The Labute approximate surface area is 157 Å². The van der Waals surface area contributed by atoms with Crippen LogP contribution in [0.5, 0.6) is 0 Å². The van der Waals surface area contributed by atoms with Crippen LogP contribution in [-0.4, -0.2) is 64.8 Å². The molecule has 2 heterocycles. The Morgan fingerprint density at radius 1 is 1.35 bits per heavy atom. The maximum absolute atomic E-state index is 12.3. The number of rotatable bonds is 6. The zero-order valence-corrected chi connectivity index (χ0v) is 16.4. The zero-order valence-electron chi connectivity index (χ0n) is 14.8. The molecule has 140 valence electrons. The summed E-state index contributed by atoms with van der Waals surface area (Å²) in [6, 6.07) is 7.87. The Morgan fingerprint density at radius 3 is 2.69 bits per heavy atom. The lowest BCUT2D eigenvalue weighted by Gasteiger charge is -2.22. The minimum absolute atomic E-state index is 0.0540. The fraction of sp³-hybridized carbons (Fsp3) is 0.471. The number of H-pyrrole nitrogens is 1. The highest BCUT2D eigenvalue weighted by molar-refractivity contribution is 7.99. The molecule has 1 aliphatic heterocycles. The van der Waals surface area contributed by atoms with E-state index in [0.29, 0.717) is 17.4 Å². The van der Waals surface area contributed by atoms with Crippen LogP contribution in [0.25, 0.3) is 11.4 Å². The summed E-state index contributed by atoms with van der Waals surface area (Å²) in [6.45, 7) is 2.10. The summed E-state index contributed by atoms with van der Waals surface area (Å²) in [5, 5.41) is 7.54. The number of sulfone groups is 1. The molecule has 26 heavy (non-hydrogen) atoms. The summed E-state index contributed by atoms with van der Waals surface area (Å²) >= 11 is 1.24. The van der Waals surface area contributed by atoms with Crippen molar-refractivity contribution in [1.82, 2.24) is 20.1 Å². The van der Waals surface area contributed by atoms with Gasteiger partial charge in [-0.15, -0.1) is 5.10 Å². The second kappa shape index (κ2) is 7.79. The van der Waals surface area contributed by atoms with Gasteiger partial charge in [-0.05, 0) is 18.4 Å². The molecule has 1 aromatic heterocycles. The number of aromatic amines is 1. The Hall–Kier alpha value is -1.87. The minimum Gasteiger partial charge on any atom is -0.341 e. The van der Waals surface area contributed by atoms with E-state index >= 15 is 0 Å². The van der Waals surface area contributed by atoms with E-state index in [2.05, 4.69) is 34.2 Å². The van der Waals surface area contributed by atoms with Crippen LogP contribution in [0.15, 0.2) is 29.4 Å². The predicted molar refractivity (Wildman–Crippen MR) is 102 cm³/mol. The third kappa shape index (κ3) is 4.45. The molecular weight excluding hydrogens is 372 g/mol. The summed E-state index contributed by atoms with van der Waals surface area (Å²) in [6.07, 6.45) is 1.49. The van der Waals surface area contributed by atoms with Crippen molar-refractivity contribution in [3.05, 3.63) is 29.8 Å². The third-order valence-electron chi connectivity index (χ3n) is 4.57. The summed E-state index contributed by atoms with van der Waals surface area (Å²) < 4.78 is 23.1. The van der Waals surface area contributed by atoms with Crippen molar-refractivity contribution in [3.8, 4) is 11.4 Å². The molecule has 9 heteroatoms. The lowest BCUT2D eigenvalue weighted by atomic mass is 10.1. The van der Waals surface area contributed by atoms with Gasteiger partial charge >= 0.3 is 0 Å². The van der Waals surface area contributed by atoms with E-state index in [1.54, 1.807) is 7.05 Å². The largest absolute Gasteiger partial charge is 0.341 e. The molecule has 1 aromatic carbocycles. The SMILES string of the molecule is CCc1ccc(-c2nc(SCC(=O)N(C)[C@@H]3CCS(=O)(=O)C3)n[nH]2)cc1. The zero-order chi connectivity index (χ0) is 18.7. The quantitative estimate of drug-likeness (QED) is 0.750. The van der Waals surface area contributed by atoms with E-state index in [1.807, 2.05) is 12.1 Å². The van der Waals surface area contributed by atoms with Crippen LogP contribution in [0.2, 0.25) is 0 Å². The molecule has 0 saturated carbocycles. The summed E-state index contributed by atoms with van der Waals surface area (Å²) in [4.78, 5) is 18.3. The van der Waals surface area contributed by atoms with Gasteiger partial charge < -0.3 is 4.90 Å². The average molecular weight is 395 g/mol. The van der Waals surface area contributed by atoms with Crippen molar-refractivity contribution in [3.63, 3.8) is 0 Å². The number of aryl methyl sites for hydroxylation is 1. The summed E-state index contributed by atoms with van der Waals surface area (Å²) in [5.74, 6) is 0.940. The van der Waals surface area contributed by atoms with Crippen molar-refractivity contribution < 1.29 is 13.2 Å². The van der Waals surface area contributed by atoms with Crippen molar-refractivity contribution in [2.24, 2.45) is 0 Å². The van der Waals surface area contributed by atoms with E-state index in [-0.39, 0.29) is 29.2 Å². The third-order valence-corrected chi connectivity index (χ3v) is 7.16. The van der Waals surface area contributed by atoms with E-state index in [9.17, 15) is 13.2 Å². The average Bonchev–Trinajstić information content (AvgIpc) is 3.25. The van der Waals surface area contributed by atoms with Crippen molar-refractivity contribution in [1.29, 1.82) is 0 Å². The molecule has 1 fully saturated rings. The molecule has 1 atom stereocenters. The number of nitrogens with one attached hydrogen (secondary N) is 1. The first kappa shape index (κ1) is 18.9. The van der Waals surface area contributed by atoms with Crippen molar-refractivity contribution in [2.45, 2.75) is 31.0 Å². The monoisotopic (exact) mass is 394 g/mol. The van der Waals surface area contributed by atoms with Gasteiger partial charge in [-0.2, -0.15) is 0 Å². The van der Waals surface area contributed by atoms with Gasteiger partial charge in [0.2, 0.25) is 11.1 Å². The van der Waals surface area contributed by atoms with Gasteiger partial charge in [0.05, 0.1) is 17.3 Å². The van der Waals surface area contributed by atoms with E-state index < -0.39 is 9.84 Å². The molecule has 0 radical (unpaired) electrons. The number of benzene rings is 1. The van der Waals surface area contributed by atoms with Crippen molar-refractivity contribution in [2.75, 3.05) is 24.3 Å². The van der Waals surface area contributed by atoms with Gasteiger partial charge in [0.1, 0.15) is 0 Å². The molecule has 0 bridgehead atoms. The number of carbonyl (C=O) groups excluding carboxylic acids is 1. The maximum Gasteiger partial charge on any atom is 0.233 e. The normalized spacial score (nSPS) is 18.8. The highest BCUT2D eigenvalue weighted by atomic mass is 32.2. The molecule has 1 amide bonds. The predicted octanol–water partition coefficient (Wildman–Crippen LogP) is 1.77. The number of nitrogens with zero attached hydrogens (tertiary/aromatic N) is 3. The van der Waals surface area contributed by atoms with Crippen LogP contribution >= 0.6 is 11.8 Å². The molecule has 0 spiro atoms. The first-order chi connectivity index (χ1) is 12.4. The maximum atomic E-state index is 12.3. The first-order valence-corrected chi connectivity index (χ1v) is 11.3. The lowest BCUT2D eigenvalue weighted by Crippen LogP contribution is -2.38. The van der Waals surface area contributed by atoms with E-state index in [0.717, 1.165) is 12.0 Å². The molecule has 7 nitrogen and oxygen atoms in total. The lowest BCUT2D eigenvalue weighted by molar-refractivity contribution is -0.128. The van der Waals surface area contributed by atoms with Crippen molar-refractivity contribution >= 4 is 27.5 Å². The van der Waals surface area contributed by atoms with Gasteiger partial charge in [-0.1, -0.05) is 43.0 Å². The van der Waals surface area contributed by atoms with Gasteiger partial charge in [-0.3, -0.25) is 9.89 Å². The molecule has 0 aliphatic carbocycles. The van der Waals surface area contributed by atoms with Gasteiger partial charge in [0.15, 0.2) is 15.7 Å². The Morgan fingerprint density at radius 2 is 2.08 bits per heavy atom. The number of aromatic nitrogens is 3. The Balaban J connectivity index is 1.56. The van der Waals surface area contributed by atoms with Crippen LogP contribution in [-0.2, 0) is 21.1 Å². The number of hydrogen-bond donors (Lipinski definition) is 1. The van der Waals surface area contributed by atoms with E-state index in [4.69, 9.17) is 0 Å². The smallest absolute Gasteiger partial charge is 0.233 e. The topological polar surface area (TPSA) is 96.0 Å². The number of thioether (sulfide) groups is 1. The molecule has 1 N–H and O–H groups in total. The van der Waals surface area contributed by atoms with Gasteiger partial charge in [0.25, 0.3) is 0 Å². The van der Waals surface area contributed by atoms with E-state index in [1.165, 1.54) is 22.2 Å².